The molecule has 3 rings (SSSR count). The molecule has 0 aliphatic carbocycles. The molecule has 0 fully saturated rings. The molecule has 0 heterocycles. The molecular weight excluding hydrogens is 450 g/mol. The highest BCUT2D eigenvalue weighted by Crippen LogP contribution is 2.19. The molecule has 0 aliphatic rings. The molecule has 7 nitrogen and oxygen atoms in total. The van der Waals surface area contributed by atoms with E-state index in [1.165, 1.54) is 12.1 Å². The summed E-state index contributed by atoms with van der Waals surface area (Å²) < 4.78 is 27.4. The van der Waals surface area contributed by atoms with Gasteiger partial charge in [0.2, 0.25) is 5.91 Å². The van der Waals surface area contributed by atoms with Gasteiger partial charge in [0.1, 0.15) is 0 Å². The monoisotopic (exact) mass is 471 g/mol. The molecule has 166 valence electrons. The Bertz CT molecular complexity index is 1190. The van der Waals surface area contributed by atoms with Gasteiger partial charge in [0.25, 0.3) is 15.9 Å². The highest BCUT2D eigenvalue weighted by atomic mass is 35.5. The van der Waals surface area contributed by atoms with Crippen molar-refractivity contribution in [3.05, 3.63) is 88.9 Å². The SMILES string of the molecule is Cc1ccc(S(=O)(=O)Nc2ccc(NC(=O)CCNC(=O)c3ccc(Cl)cc3)cc2)cc1. The first-order chi connectivity index (χ1) is 15.2. The molecule has 0 saturated carbocycles. The lowest BCUT2D eigenvalue weighted by molar-refractivity contribution is -0.116. The van der Waals surface area contributed by atoms with E-state index in [1.807, 2.05) is 6.92 Å². The highest BCUT2D eigenvalue weighted by Gasteiger charge is 2.14. The summed E-state index contributed by atoms with van der Waals surface area (Å²) in [5.41, 5.74) is 2.31. The number of carbonyl (C=O) groups is 2. The highest BCUT2D eigenvalue weighted by molar-refractivity contribution is 7.92. The lowest BCUT2D eigenvalue weighted by Crippen LogP contribution is -2.27. The molecule has 0 spiro atoms. The fraction of sp³-hybridized carbons (Fsp3) is 0.130. The fourth-order valence-corrected chi connectivity index (χ4v) is 3.95. The summed E-state index contributed by atoms with van der Waals surface area (Å²) in [4.78, 5) is 24.3. The maximum Gasteiger partial charge on any atom is 0.261 e. The van der Waals surface area contributed by atoms with Crippen molar-refractivity contribution in [1.29, 1.82) is 0 Å². The second-order valence-electron chi connectivity index (χ2n) is 7.06. The Morgan fingerprint density at radius 2 is 1.44 bits per heavy atom. The number of nitrogens with one attached hydrogen (secondary N) is 3. The summed E-state index contributed by atoms with van der Waals surface area (Å²) >= 11 is 5.80. The molecule has 3 aromatic carbocycles. The van der Waals surface area contributed by atoms with E-state index >= 15 is 0 Å². The average molecular weight is 472 g/mol. The third-order valence-corrected chi connectivity index (χ3v) is 6.15. The van der Waals surface area contributed by atoms with E-state index in [4.69, 9.17) is 11.6 Å². The van der Waals surface area contributed by atoms with Gasteiger partial charge in [-0.1, -0.05) is 29.3 Å². The van der Waals surface area contributed by atoms with Gasteiger partial charge in [-0.25, -0.2) is 8.42 Å². The molecule has 0 bridgehead atoms. The molecule has 2 amide bonds. The fourth-order valence-electron chi connectivity index (χ4n) is 2.77. The molecule has 32 heavy (non-hydrogen) atoms. The van der Waals surface area contributed by atoms with Crippen molar-refractivity contribution in [3.63, 3.8) is 0 Å². The van der Waals surface area contributed by atoms with Crippen LogP contribution in [0.15, 0.2) is 77.7 Å². The number of halogens is 1. The van der Waals surface area contributed by atoms with Crippen LogP contribution in [0.5, 0.6) is 0 Å². The lowest BCUT2D eigenvalue weighted by atomic mass is 10.2. The van der Waals surface area contributed by atoms with Crippen molar-refractivity contribution in [3.8, 4) is 0 Å². The zero-order chi connectivity index (χ0) is 23.1. The number of hydrogen-bond acceptors (Lipinski definition) is 4. The van der Waals surface area contributed by atoms with Crippen molar-refractivity contribution in [2.24, 2.45) is 0 Å². The van der Waals surface area contributed by atoms with Crippen molar-refractivity contribution < 1.29 is 18.0 Å². The van der Waals surface area contributed by atoms with Gasteiger partial charge >= 0.3 is 0 Å². The molecule has 0 aromatic heterocycles. The smallest absolute Gasteiger partial charge is 0.261 e. The van der Waals surface area contributed by atoms with E-state index in [0.29, 0.717) is 22.0 Å². The van der Waals surface area contributed by atoms with Crippen molar-refractivity contribution in [2.75, 3.05) is 16.6 Å². The van der Waals surface area contributed by atoms with Crippen LogP contribution in [0.3, 0.4) is 0 Å². The Labute approximate surface area is 191 Å². The summed E-state index contributed by atoms with van der Waals surface area (Å²) in [6.07, 6.45) is 0.0845. The number of benzene rings is 3. The number of amides is 2. The van der Waals surface area contributed by atoms with Gasteiger partial charge in [0, 0.05) is 34.9 Å². The first-order valence-corrected chi connectivity index (χ1v) is 11.6. The minimum Gasteiger partial charge on any atom is -0.352 e. The third-order valence-electron chi connectivity index (χ3n) is 4.50. The first-order valence-electron chi connectivity index (χ1n) is 9.76. The van der Waals surface area contributed by atoms with E-state index < -0.39 is 10.0 Å². The zero-order valence-electron chi connectivity index (χ0n) is 17.3. The second-order valence-corrected chi connectivity index (χ2v) is 9.18. The van der Waals surface area contributed by atoms with E-state index in [2.05, 4.69) is 15.4 Å². The van der Waals surface area contributed by atoms with Crippen LogP contribution >= 0.6 is 11.6 Å². The van der Waals surface area contributed by atoms with Gasteiger partial charge < -0.3 is 10.6 Å². The Morgan fingerprint density at radius 3 is 2.06 bits per heavy atom. The van der Waals surface area contributed by atoms with E-state index in [1.54, 1.807) is 60.7 Å². The molecule has 0 atom stereocenters. The predicted octanol–water partition coefficient (Wildman–Crippen LogP) is 4.21. The third kappa shape index (κ3) is 6.57. The number of hydrogen-bond donors (Lipinski definition) is 3. The molecule has 0 unspecified atom stereocenters. The summed E-state index contributed by atoms with van der Waals surface area (Å²) in [5.74, 6) is -0.575. The first kappa shape index (κ1) is 23.3. The normalized spacial score (nSPS) is 10.9. The molecule has 9 heteroatoms. The Kier molecular flexibility index (Phi) is 7.50. The van der Waals surface area contributed by atoms with E-state index in [-0.39, 0.29) is 29.7 Å². The van der Waals surface area contributed by atoms with Gasteiger partial charge in [-0.2, -0.15) is 0 Å². The Balaban J connectivity index is 1.48. The minimum absolute atomic E-state index is 0.0845. The van der Waals surface area contributed by atoms with Crippen molar-refractivity contribution in [2.45, 2.75) is 18.2 Å². The largest absolute Gasteiger partial charge is 0.352 e. The molecule has 3 aromatic rings. The van der Waals surface area contributed by atoms with Crippen LogP contribution < -0.4 is 15.4 Å². The predicted molar refractivity (Wildman–Crippen MR) is 125 cm³/mol. The van der Waals surface area contributed by atoms with Crippen LogP contribution in [0.25, 0.3) is 0 Å². The van der Waals surface area contributed by atoms with Crippen LogP contribution in [-0.2, 0) is 14.8 Å². The van der Waals surface area contributed by atoms with Crippen LogP contribution in [-0.4, -0.2) is 26.8 Å². The van der Waals surface area contributed by atoms with E-state index in [9.17, 15) is 18.0 Å². The average Bonchev–Trinajstić information content (AvgIpc) is 2.75. The maximum absolute atomic E-state index is 12.4. The summed E-state index contributed by atoms with van der Waals surface area (Å²) in [7, 11) is -3.70. The van der Waals surface area contributed by atoms with Crippen LogP contribution in [0.4, 0.5) is 11.4 Å². The standard InChI is InChI=1S/C23H22ClN3O4S/c1-16-2-12-21(13-3-16)32(30,31)27-20-10-8-19(9-11-20)26-22(28)14-15-25-23(29)17-4-6-18(24)7-5-17/h2-13,27H,14-15H2,1H3,(H,25,29)(H,26,28). The topological polar surface area (TPSA) is 104 Å². The van der Waals surface area contributed by atoms with Gasteiger partial charge in [-0.15, -0.1) is 0 Å². The van der Waals surface area contributed by atoms with Crippen molar-refractivity contribution >= 4 is 44.8 Å². The molecular formula is C23H22ClN3O4S. The number of aryl methyl sites for hydroxylation is 1. The van der Waals surface area contributed by atoms with Crippen LogP contribution in [0.1, 0.15) is 22.3 Å². The number of rotatable bonds is 8. The van der Waals surface area contributed by atoms with Gasteiger partial charge in [-0.3, -0.25) is 14.3 Å². The minimum atomic E-state index is -3.70. The zero-order valence-corrected chi connectivity index (χ0v) is 18.8. The van der Waals surface area contributed by atoms with Crippen LogP contribution in [0, 0.1) is 6.92 Å². The summed E-state index contributed by atoms with van der Waals surface area (Å²) in [6.45, 7) is 2.05. The second kappa shape index (κ2) is 10.3. The number of anilines is 2. The van der Waals surface area contributed by atoms with E-state index in [0.717, 1.165) is 5.56 Å². The number of carbonyl (C=O) groups excluding carboxylic acids is 2. The summed E-state index contributed by atoms with van der Waals surface area (Å²) in [6, 6.07) is 19.3. The van der Waals surface area contributed by atoms with Crippen molar-refractivity contribution in [1.82, 2.24) is 5.32 Å². The van der Waals surface area contributed by atoms with Gasteiger partial charge in [-0.05, 0) is 67.6 Å². The lowest BCUT2D eigenvalue weighted by Gasteiger charge is -2.10. The molecule has 0 saturated heterocycles. The summed E-state index contributed by atoms with van der Waals surface area (Å²) in [5, 5.41) is 5.91. The molecule has 0 radical (unpaired) electrons. The Hall–Kier alpha value is -3.36. The van der Waals surface area contributed by atoms with Gasteiger partial charge in [0.05, 0.1) is 4.90 Å². The number of sulfonamides is 1. The maximum atomic E-state index is 12.4. The van der Waals surface area contributed by atoms with Gasteiger partial charge in [0.15, 0.2) is 0 Å². The molecule has 3 N–H and O–H groups in total. The molecule has 0 aliphatic heterocycles. The quantitative estimate of drug-likeness (QED) is 0.457. The Morgan fingerprint density at radius 1 is 0.844 bits per heavy atom. The van der Waals surface area contributed by atoms with Crippen LogP contribution in [0.2, 0.25) is 5.02 Å².